The number of anilines is 4. The zero-order valence-electron chi connectivity index (χ0n) is 38.9. The standard InChI is InChI=1S/C52H78N6O3/c1-8-10-12-14-16-18-20-22-24-26-28-47(59)53-45-38-42(39-46(51(45)61)54-48(60)29-27-25-23-21-19-17-15-13-11-9-2)52-55-49(40-30-34-43(35-31-40)56(3)4)50(58(52)7)41-32-36-44(37-33-41)57(5)6/h30-39,61H,8-29H2,1-7H3,(H,53,59)(H,54,60). The third-order valence-electron chi connectivity index (χ3n) is 11.8. The largest absolute Gasteiger partial charge is 0.504 e. The van der Waals surface area contributed by atoms with Gasteiger partial charge in [0, 0.05) is 76.1 Å². The molecule has 0 aliphatic rings. The van der Waals surface area contributed by atoms with Gasteiger partial charge >= 0.3 is 0 Å². The zero-order chi connectivity index (χ0) is 44.0. The number of hydrogen-bond donors (Lipinski definition) is 3. The van der Waals surface area contributed by atoms with Crippen LogP contribution in [-0.4, -0.2) is 54.7 Å². The van der Waals surface area contributed by atoms with Crippen LogP contribution in [-0.2, 0) is 16.6 Å². The molecule has 0 atom stereocenters. The molecule has 0 spiro atoms. The van der Waals surface area contributed by atoms with Gasteiger partial charge < -0.3 is 30.1 Å². The average Bonchev–Trinajstić information content (AvgIpc) is 3.60. The van der Waals surface area contributed by atoms with Crippen LogP contribution < -0.4 is 20.4 Å². The van der Waals surface area contributed by atoms with Crippen molar-refractivity contribution in [3.8, 4) is 39.7 Å². The quantitative estimate of drug-likeness (QED) is 0.0372. The van der Waals surface area contributed by atoms with Crippen molar-refractivity contribution in [2.75, 3.05) is 48.6 Å². The summed E-state index contributed by atoms with van der Waals surface area (Å²) in [5, 5.41) is 17.6. The van der Waals surface area contributed by atoms with E-state index in [4.69, 9.17) is 4.98 Å². The van der Waals surface area contributed by atoms with E-state index >= 15 is 0 Å². The van der Waals surface area contributed by atoms with Crippen molar-refractivity contribution in [3.63, 3.8) is 0 Å². The zero-order valence-corrected chi connectivity index (χ0v) is 38.9. The summed E-state index contributed by atoms with van der Waals surface area (Å²) in [7, 11) is 10.1. The Kier molecular flexibility index (Phi) is 21.3. The van der Waals surface area contributed by atoms with Gasteiger partial charge in [0.15, 0.2) is 5.75 Å². The smallest absolute Gasteiger partial charge is 0.224 e. The molecular formula is C52H78N6O3. The number of rotatable bonds is 29. The molecule has 334 valence electrons. The Hall–Kier alpha value is -4.79. The highest BCUT2D eigenvalue weighted by Gasteiger charge is 2.23. The summed E-state index contributed by atoms with van der Waals surface area (Å²) in [6, 6.07) is 20.4. The van der Waals surface area contributed by atoms with E-state index in [2.05, 4.69) is 87.4 Å². The second-order valence-corrected chi connectivity index (χ2v) is 17.5. The first-order chi connectivity index (χ1) is 29.5. The molecule has 3 N–H and O–H groups in total. The molecule has 0 saturated heterocycles. The number of aromatic nitrogens is 2. The first-order valence-electron chi connectivity index (χ1n) is 23.6. The van der Waals surface area contributed by atoms with Crippen LogP contribution in [0.4, 0.5) is 22.7 Å². The predicted molar refractivity (Wildman–Crippen MR) is 260 cm³/mol. The molecule has 1 aromatic heterocycles. The van der Waals surface area contributed by atoms with Gasteiger partial charge in [-0.05, 0) is 49.2 Å². The van der Waals surface area contributed by atoms with E-state index in [1.54, 1.807) is 12.1 Å². The summed E-state index contributed by atoms with van der Waals surface area (Å²) >= 11 is 0. The van der Waals surface area contributed by atoms with Crippen LogP contribution in [0.25, 0.3) is 33.9 Å². The Morgan fingerprint density at radius 3 is 1.28 bits per heavy atom. The third-order valence-corrected chi connectivity index (χ3v) is 11.8. The van der Waals surface area contributed by atoms with Gasteiger partial charge in [-0.2, -0.15) is 0 Å². The number of amides is 2. The second-order valence-electron chi connectivity index (χ2n) is 17.5. The second kappa shape index (κ2) is 26.5. The van der Waals surface area contributed by atoms with Gasteiger partial charge in [-0.1, -0.05) is 154 Å². The minimum atomic E-state index is -0.155. The lowest BCUT2D eigenvalue weighted by molar-refractivity contribution is -0.117. The fourth-order valence-corrected chi connectivity index (χ4v) is 8.05. The van der Waals surface area contributed by atoms with Gasteiger partial charge in [-0.15, -0.1) is 0 Å². The number of aromatic hydroxyl groups is 1. The van der Waals surface area contributed by atoms with Gasteiger partial charge in [0.1, 0.15) is 5.82 Å². The molecule has 0 unspecified atom stereocenters. The molecule has 4 aromatic rings. The van der Waals surface area contributed by atoms with E-state index in [1.807, 2.05) is 35.2 Å². The summed E-state index contributed by atoms with van der Waals surface area (Å²) < 4.78 is 2.07. The maximum absolute atomic E-state index is 13.4. The molecule has 9 heteroatoms. The third kappa shape index (κ3) is 15.9. The van der Waals surface area contributed by atoms with Crippen molar-refractivity contribution in [1.29, 1.82) is 0 Å². The fourth-order valence-electron chi connectivity index (χ4n) is 8.05. The fraction of sp³-hybridized carbons (Fsp3) is 0.558. The maximum Gasteiger partial charge on any atom is 0.224 e. The predicted octanol–water partition coefficient (Wildman–Crippen LogP) is 13.8. The summed E-state index contributed by atoms with van der Waals surface area (Å²) in [5.74, 6) is 0.189. The number of hydrogen-bond acceptors (Lipinski definition) is 6. The van der Waals surface area contributed by atoms with Crippen molar-refractivity contribution >= 4 is 34.6 Å². The maximum atomic E-state index is 13.4. The van der Waals surface area contributed by atoms with Gasteiger partial charge in [-0.25, -0.2) is 4.98 Å². The highest BCUT2D eigenvalue weighted by Crippen LogP contribution is 2.41. The van der Waals surface area contributed by atoms with Crippen LogP contribution >= 0.6 is 0 Å². The van der Waals surface area contributed by atoms with Crippen molar-refractivity contribution in [2.24, 2.45) is 7.05 Å². The molecule has 0 aliphatic heterocycles. The molecular weight excluding hydrogens is 757 g/mol. The van der Waals surface area contributed by atoms with Crippen molar-refractivity contribution in [3.05, 3.63) is 60.7 Å². The first kappa shape index (κ1) is 48.9. The normalized spacial score (nSPS) is 11.2. The number of nitrogens with zero attached hydrogens (tertiary/aromatic N) is 4. The van der Waals surface area contributed by atoms with Gasteiger partial charge in [-0.3, -0.25) is 9.59 Å². The van der Waals surface area contributed by atoms with Gasteiger partial charge in [0.25, 0.3) is 0 Å². The van der Waals surface area contributed by atoms with Crippen LogP contribution in [0.5, 0.6) is 5.75 Å². The number of unbranched alkanes of at least 4 members (excludes halogenated alkanes) is 18. The van der Waals surface area contributed by atoms with Gasteiger partial charge in [0.2, 0.25) is 11.8 Å². The van der Waals surface area contributed by atoms with Crippen molar-refractivity contribution in [1.82, 2.24) is 9.55 Å². The topological polar surface area (TPSA) is 103 Å². The molecule has 1 heterocycles. The Morgan fingerprint density at radius 1 is 0.541 bits per heavy atom. The molecule has 0 fully saturated rings. The lowest BCUT2D eigenvalue weighted by Crippen LogP contribution is -2.14. The number of phenols is 1. The molecule has 61 heavy (non-hydrogen) atoms. The van der Waals surface area contributed by atoms with Crippen LogP contribution in [0, 0.1) is 0 Å². The average molecular weight is 835 g/mol. The number of phenolic OH excluding ortho intramolecular Hbond substituents is 1. The summed E-state index contributed by atoms with van der Waals surface area (Å²) in [4.78, 5) is 36.2. The Bertz CT molecular complexity index is 1840. The van der Waals surface area contributed by atoms with Crippen LogP contribution in [0.2, 0.25) is 0 Å². The summed E-state index contributed by atoms with van der Waals surface area (Å²) in [6.45, 7) is 4.49. The molecule has 9 nitrogen and oxygen atoms in total. The highest BCUT2D eigenvalue weighted by molar-refractivity contribution is 5.99. The van der Waals surface area contributed by atoms with E-state index in [0.717, 1.165) is 72.4 Å². The minimum absolute atomic E-state index is 0.148. The number of carbonyl (C=O) groups is 2. The number of carbonyl (C=O) groups excluding carboxylic acids is 2. The van der Waals surface area contributed by atoms with E-state index in [9.17, 15) is 14.7 Å². The lowest BCUT2D eigenvalue weighted by Gasteiger charge is -2.16. The molecule has 3 aromatic carbocycles. The minimum Gasteiger partial charge on any atom is -0.504 e. The monoisotopic (exact) mass is 835 g/mol. The summed E-state index contributed by atoms with van der Waals surface area (Å²) in [6.07, 6.45) is 24.5. The molecule has 0 bridgehead atoms. The van der Waals surface area contributed by atoms with E-state index in [0.29, 0.717) is 24.2 Å². The highest BCUT2D eigenvalue weighted by atomic mass is 16.3. The molecule has 0 saturated carbocycles. The van der Waals surface area contributed by atoms with Crippen molar-refractivity contribution < 1.29 is 14.7 Å². The Labute approximate surface area is 368 Å². The number of imidazole rings is 1. The number of nitrogens with one attached hydrogen (secondary N) is 2. The molecule has 4 rings (SSSR count). The first-order valence-corrected chi connectivity index (χ1v) is 23.6. The summed E-state index contributed by atoms with van der Waals surface area (Å²) in [5.41, 5.74) is 7.10. The SMILES string of the molecule is CCCCCCCCCCCCC(=O)Nc1cc(-c2nc(-c3ccc(N(C)C)cc3)c(-c3ccc(N(C)C)cc3)n2C)cc(NC(=O)CCCCCCCCCCCC)c1O. The van der Waals surface area contributed by atoms with Crippen LogP contribution in [0.15, 0.2) is 60.7 Å². The Morgan fingerprint density at radius 2 is 0.902 bits per heavy atom. The van der Waals surface area contributed by atoms with Crippen molar-refractivity contribution in [2.45, 2.75) is 155 Å². The van der Waals surface area contributed by atoms with E-state index < -0.39 is 0 Å². The number of benzene rings is 3. The van der Waals surface area contributed by atoms with E-state index in [-0.39, 0.29) is 28.9 Å². The molecule has 2 amide bonds. The molecule has 0 aliphatic carbocycles. The van der Waals surface area contributed by atoms with Crippen LogP contribution in [0.1, 0.15) is 155 Å². The Balaban J connectivity index is 1.58. The lowest BCUT2D eigenvalue weighted by atomic mass is 10.0. The van der Waals surface area contributed by atoms with Gasteiger partial charge in [0.05, 0.1) is 22.8 Å². The van der Waals surface area contributed by atoms with Crippen LogP contribution in [0.3, 0.4) is 0 Å². The van der Waals surface area contributed by atoms with E-state index in [1.165, 1.54) is 89.9 Å². The molecule has 0 radical (unpaired) electrons.